The fraction of sp³-hybridized carbons (Fsp3) is 0.318. The average molecular weight is 392 g/mol. The second-order valence-electron chi connectivity index (χ2n) is 7.12. The molecule has 1 N–H and O–H groups in total. The SMILES string of the molecule is COc1cc(C)ccc1OCC(=O)N1CCCC1c1[nH]ncc1-c1ccncc1. The highest BCUT2D eigenvalue weighted by molar-refractivity contribution is 5.79. The van der Waals surface area contributed by atoms with Gasteiger partial charge in [-0.1, -0.05) is 6.07 Å². The van der Waals surface area contributed by atoms with Crippen LogP contribution in [0.2, 0.25) is 0 Å². The third-order valence-electron chi connectivity index (χ3n) is 5.24. The lowest BCUT2D eigenvalue weighted by Crippen LogP contribution is -2.34. The lowest BCUT2D eigenvalue weighted by atomic mass is 10.0. The first-order valence-electron chi connectivity index (χ1n) is 9.68. The Morgan fingerprint density at radius 2 is 2.07 bits per heavy atom. The van der Waals surface area contributed by atoms with Crippen LogP contribution < -0.4 is 9.47 Å². The number of hydrogen-bond donors (Lipinski definition) is 1. The van der Waals surface area contributed by atoms with E-state index in [1.54, 1.807) is 25.7 Å². The van der Waals surface area contributed by atoms with Crippen molar-refractivity contribution in [1.82, 2.24) is 20.1 Å². The van der Waals surface area contributed by atoms with Crippen molar-refractivity contribution in [2.24, 2.45) is 0 Å². The topological polar surface area (TPSA) is 80.3 Å². The zero-order valence-electron chi connectivity index (χ0n) is 16.6. The molecular weight excluding hydrogens is 368 g/mol. The fourth-order valence-corrected chi connectivity index (χ4v) is 3.79. The molecule has 1 saturated heterocycles. The molecule has 1 fully saturated rings. The van der Waals surface area contributed by atoms with Gasteiger partial charge >= 0.3 is 0 Å². The van der Waals surface area contributed by atoms with Gasteiger partial charge < -0.3 is 14.4 Å². The predicted octanol–water partition coefficient (Wildman–Crippen LogP) is 3.53. The molecule has 0 aliphatic carbocycles. The van der Waals surface area contributed by atoms with E-state index in [1.807, 2.05) is 42.2 Å². The van der Waals surface area contributed by atoms with Gasteiger partial charge in [-0.05, 0) is 55.2 Å². The average Bonchev–Trinajstić information content (AvgIpc) is 3.42. The molecule has 7 nitrogen and oxygen atoms in total. The first kappa shape index (κ1) is 19.0. The number of nitrogens with one attached hydrogen (secondary N) is 1. The van der Waals surface area contributed by atoms with E-state index in [1.165, 1.54) is 0 Å². The first-order valence-corrected chi connectivity index (χ1v) is 9.68. The number of carbonyl (C=O) groups excluding carboxylic acids is 1. The molecule has 1 unspecified atom stereocenters. The van der Waals surface area contributed by atoms with Crippen LogP contribution in [0.4, 0.5) is 0 Å². The summed E-state index contributed by atoms with van der Waals surface area (Å²) in [5.74, 6) is 1.15. The molecule has 4 rings (SSSR count). The summed E-state index contributed by atoms with van der Waals surface area (Å²) in [5, 5.41) is 7.33. The van der Waals surface area contributed by atoms with E-state index in [2.05, 4.69) is 15.2 Å². The van der Waals surface area contributed by atoms with E-state index in [0.29, 0.717) is 18.0 Å². The van der Waals surface area contributed by atoms with Crippen molar-refractivity contribution in [3.8, 4) is 22.6 Å². The molecule has 1 atom stereocenters. The number of amides is 1. The Morgan fingerprint density at radius 3 is 2.86 bits per heavy atom. The Bertz CT molecular complexity index is 987. The quantitative estimate of drug-likeness (QED) is 0.694. The van der Waals surface area contributed by atoms with Gasteiger partial charge in [0.05, 0.1) is 25.0 Å². The molecule has 1 aliphatic heterocycles. The third kappa shape index (κ3) is 3.94. The van der Waals surface area contributed by atoms with Gasteiger partial charge in [-0.2, -0.15) is 5.10 Å². The molecule has 1 amide bonds. The van der Waals surface area contributed by atoms with Crippen LogP contribution in [-0.2, 0) is 4.79 Å². The second-order valence-corrected chi connectivity index (χ2v) is 7.12. The molecule has 3 heterocycles. The van der Waals surface area contributed by atoms with Crippen molar-refractivity contribution >= 4 is 5.91 Å². The minimum absolute atomic E-state index is 0.0331. The van der Waals surface area contributed by atoms with E-state index in [0.717, 1.165) is 35.2 Å². The zero-order chi connectivity index (χ0) is 20.2. The summed E-state index contributed by atoms with van der Waals surface area (Å²) in [6.07, 6.45) is 7.15. The van der Waals surface area contributed by atoms with Gasteiger partial charge in [-0.25, -0.2) is 0 Å². The van der Waals surface area contributed by atoms with Gasteiger partial charge in [0.15, 0.2) is 18.1 Å². The highest BCUT2D eigenvalue weighted by Crippen LogP contribution is 2.36. The third-order valence-corrected chi connectivity index (χ3v) is 5.24. The molecule has 29 heavy (non-hydrogen) atoms. The molecule has 150 valence electrons. The number of H-pyrrole nitrogens is 1. The number of rotatable bonds is 6. The summed E-state index contributed by atoms with van der Waals surface area (Å²) in [6, 6.07) is 9.51. The predicted molar refractivity (Wildman–Crippen MR) is 109 cm³/mol. The van der Waals surface area contributed by atoms with Crippen molar-refractivity contribution < 1.29 is 14.3 Å². The summed E-state index contributed by atoms with van der Waals surface area (Å²) >= 11 is 0. The molecule has 0 saturated carbocycles. The maximum absolute atomic E-state index is 13.0. The van der Waals surface area contributed by atoms with Crippen LogP contribution in [0.3, 0.4) is 0 Å². The number of aromatic nitrogens is 3. The summed E-state index contributed by atoms with van der Waals surface area (Å²) in [6.45, 7) is 2.65. The number of likely N-dealkylation sites (tertiary alicyclic amines) is 1. The minimum atomic E-state index is -0.0505. The van der Waals surface area contributed by atoms with E-state index in [4.69, 9.17) is 9.47 Å². The van der Waals surface area contributed by atoms with Gasteiger partial charge in [0.1, 0.15) is 0 Å². The Kier molecular flexibility index (Phi) is 5.46. The molecule has 7 heteroatoms. The number of benzene rings is 1. The van der Waals surface area contributed by atoms with Crippen LogP contribution in [0.5, 0.6) is 11.5 Å². The molecule has 2 aromatic heterocycles. The number of nitrogens with zero attached hydrogens (tertiary/aromatic N) is 3. The van der Waals surface area contributed by atoms with Gasteiger partial charge in [0.2, 0.25) is 0 Å². The molecular formula is C22H24N4O3. The van der Waals surface area contributed by atoms with E-state index in [-0.39, 0.29) is 18.6 Å². The molecule has 1 aliphatic rings. The second kappa shape index (κ2) is 8.34. The van der Waals surface area contributed by atoms with Gasteiger partial charge in [-0.15, -0.1) is 0 Å². The number of carbonyl (C=O) groups is 1. The molecule has 0 bridgehead atoms. The van der Waals surface area contributed by atoms with Crippen molar-refractivity contribution in [3.63, 3.8) is 0 Å². The lowest BCUT2D eigenvalue weighted by Gasteiger charge is -2.25. The Morgan fingerprint density at radius 1 is 1.24 bits per heavy atom. The van der Waals surface area contributed by atoms with Gasteiger partial charge in [0.25, 0.3) is 5.91 Å². The van der Waals surface area contributed by atoms with E-state index < -0.39 is 0 Å². The maximum atomic E-state index is 13.0. The normalized spacial score (nSPS) is 16.1. The van der Waals surface area contributed by atoms with E-state index in [9.17, 15) is 4.79 Å². The zero-order valence-corrected chi connectivity index (χ0v) is 16.6. The maximum Gasteiger partial charge on any atom is 0.261 e. The lowest BCUT2D eigenvalue weighted by molar-refractivity contribution is -0.134. The standard InChI is InChI=1S/C22H24N4O3/c1-15-5-6-19(20(12-15)28-2)29-14-21(27)26-11-3-4-18(26)22-17(13-24-25-22)16-7-9-23-10-8-16/h5-10,12-13,18H,3-4,11,14H2,1-2H3,(H,24,25). The van der Waals surface area contributed by atoms with Crippen molar-refractivity contribution in [1.29, 1.82) is 0 Å². The number of aryl methyl sites for hydroxylation is 1. The Hall–Kier alpha value is -3.35. The van der Waals surface area contributed by atoms with Crippen molar-refractivity contribution in [2.75, 3.05) is 20.3 Å². The Labute approximate surface area is 169 Å². The monoisotopic (exact) mass is 392 g/mol. The van der Waals surface area contributed by atoms with Gasteiger partial charge in [-0.3, -0.25) is 14.9 Å². The summed E-state index contributed by atoms with van der Waals surface area (Å²) < 4.78 is 11.1. The summed E-state index contributed by atoms with van der Waals surface area (Å²) in [7, 11) is 1.60. The van der Waals surface area contributed by atoms with Crippen molar-refractivity contribution in [2.45, 2.75) is 25.8 Å². The van der Waals surface area contributed by atoms with Crippen molar-refractivity contribution in [3.05, 3.63) is 60.2 Å². The van der Waals surface area contributed by atoms with Crippen LogP contribution in [0.15, 0.2) is 48.9 Å². The minimum Gasteiger partial charge on any atom is -0.493 e. The van der Waals surface area contributed by atoms with Crippen LogP contribution in [0, 0.1) is 6.92 Å². The molecule has 3 aromatic rings. The Balaban J connectivity index is 1.50. The number of hydrogen-bond acceptors (Lipinski definition) is 5. The van der Waals surface area contributed by atoms with Gasteiger partial charge in [0, 0.05) is 24.5 Å². The molecule has 0 spiro atoms. The number of ether oxygens (including phenoxy) is 2. The fourth-order valence-electron chi connectivity index (χ4n) is 3.79. The number of aromatic amines is 1. The highest BCUT2D eigenvalue weighted by atomic mass is 16.5. The number of pyridine rings is 1. The largest absolute Gasteiger partial charge is 0.493 e. The first-order chi connectivity index (χ1) is 14.2. The van der Waals surface area contributed by atoms with Crippen LogP contribution >= 0.6 is 0 Å². The highest BCUT2D eigenvalue weighted by Gasteiger charge is 2.33. The molecule has 0 radical (unpaired) electrons. The van der Waals surface area contributed by atoms with Crippen LogP contribution in [0.1, 0.15) is 30.1 Å². The van der Waals surface area contributed by atoms with E-state index >= 15 is 0 Å². The summed E-state index contributed by atoms with van der Waals surface area (Å²) in [5.41, 5.74) is 4.06. The summed E-state index contributed by atoms with van der Waals surface area (Å²) in [4.78, 5) is 18.9. The smallest absolute Gasteiger partial charge is 0.261 e. The van der Waals surface area contributed by atoms with Crippen LogP contribution in [0.25, 0.3) is 11.1 Å². The number of methoxy groups -OCH3 is 1. The van der Waals surface area contributed by atoms with Crippen LogP contribution in [-0.4, -0.2) is 46.2 Å². The molecule has 1 aromatic carbocycles.